The van der Waals surface area contributed by atoms with Gasteiger partial charge in [-0.25, -0.2) is 4.39 Å². The summed E-state index contributed by atoms with van der Waals surface area (Å²) in [5, 5.41) is 3.17. The van der Waals surface area contributed by atoms with Crippen LogP contribution in [-0.4, -0.2) is 19.0 Å². The predicted octanol–water partition coefficient (Wildman–Crippen LogP) is 3.17. The molecule has 1 heterocycles. The van der Waals surface area contributed by atoms with E-state index in [2.05, 4.69) is 5.32 Å². The summed E-state index contributed by atoms with van der Waals surface area (Å²) in [4.78, 5) is 25.5. The molecule has 0 saturated heterocycles. The molecule has 2 aromatic carbocycles. The third-order valence-electron chi connectivity index (χ3n) is 4.88. The smallest absolute Gasteiger partial charge is 0.223 e. The van der Waals surface area contributed by atoms with Crippen LogP contribution >= 0.6 is 0 Å². The van der Waals surface area contributed by atoms with Crippen LogP contribution in [0.3, 0.4) is 0 Å². The fraction of sp³-hybridized carbons (Fsp3) is 0.304. The average Bonchev–Trinajstić information content (AvgIpc) is 2.71. The monoisotopic (exact) mass is 396 g/mol. The Bertz CT molecular complexity index is 1050. The number of carbonyl (C=O) groups is 1. The number of amides is 1. The molecule has 0 aliphatic carbocycles. The fourth-order valence-electron chi connectivity index (χ4n) is 3.25. The first-order chi connectivity index (χ1) is 14.0. The van der Waals surface area contributed by atoms with Gasteiger partial charge in [-0.15, -0.1) is 0 Å². The summed E-state index contributed by atoms with van der Waals surface area (Å²) in [5.74, 6) is -0.601. The van der Waals surface area contributed by atoms with Crippen LogP contribution in [0, 0.1) is 11.7 Å². The third-order valence-corrected chi connectivity index (χ3v) is 4.88. The largest absolute Gasteiger partial charge is 0.460 e. The molecule has 0 fully saturated rings. The standard InChI is InChI=1S/C23H25FN2O3/c1-15(23(28)26-11-5-10-25)12-20-19(13-16-6-3-2-4-7-16)22(27)18-9-8-17(24)14-21(18)29-20/h2-4,6-9,14-15H,5,10-13,25H2,1H3,(H,26,28)/t15-/m1/s1. The van der Waals surface area contributed by atoms with E-state index >= 15 is 0 Å². The number of rotatable bonds is 8. The van der Waals surface area contributed by atoms with Gasteiger partial charge in [0.15, 0.2) is 5.43 Å². The summed E-state index contributed by atoms with van der Waals surface area (Å²) in [5.41, 5.74) is 6.91. The molecule has 0 aliphatic rings. The van der Waals surface area contributed by atoms with E-state index in [-0.39, 0.29) is 23.3 Å². The van der Waals surface area contributed by atoms with Gasteiger partial charge in [0.05, 0.1) is 5.39 Å². The Balaban J connectivity index is 1.97. The first-order valence-corrected chi connectivity index (χ1v) is 9.75. The van der Waals surface area contributed by atoms with E-state index in [0.717, 1.165) is 5.56 Å². The molecule has 0 bridgehead atoms. The van der Waals surface area contributed by atoms with Crippen LogP contribution < -0.4 is 16.5 Å². The summed E-state index contributed by atoms with van der Waals surface area (Å²) < 4.78 is 19.6. The van der Waals surface area contributed by atoms with Gasteiger partial charge in [-0.2, -0.15) is 0 Å². The molecule has 0 spiro atoms. The highest BCUT2D eigenvalue weighted by molar-refractivity contribution is 5.79. The van der Waals surface area contributed by atoms with Crippen molar-refractivity contribution in [3.63, 3.8) is 0 Å². The molecule has 3 aromatic rings. The van der Waals surface area contributed by atoms with Crippen LogP contribution in [0.15, 0.2) is 57.7 Å². The Labute approximate surface area is 168 Å². The molecule has 0 saturated carbocycles. The molecule has 0 radical (unpaired) electrons. The number of hydrogen-bond donors (Lipinski definition) is 2. The Hall–Kier alpha value is -2.99. The van der Waals surface area contributed by atoms with E-state index in [1.807, 2.05) is 30.3 Å². The number of benzene rings is 2. The lowest BCUT2D eigenvalue weighted by atomic mass is 9.96. The van der Waals surface area contributed by atoms with Crippen molar-refractivity contribution in [2.45, 2.75) is 26.2 Å². The van der Waals surface area contributed by atoms with Gasteiger partial charge in [0.1, 0.15) is 17.2 Å². The van der Waals surface area contributed by atoms with Gasteiger partial charge >= 0.3 is 0 Å². The SMILES string of the molecule is C[C@H](Cc1oc2cc(F)ccc2c(=O)c1Cc1ccccc1)C(=O)NCCCN. The maximum atomic E-state index is 13.7. The second kappa shape index (κ2) is 9.47. The molecule has 29 heavy (non-hydrogen) atoms. The predicted molar refractivity (Wildman–Crippen MR) is 111 cm³/mol. The highest BCUT2D eigenvalue weighted by Crippen LogP contribution is 2.22. The molecule has 1 atom stereocenters. The Morgan fingerprint density at radius 2 is 1.97 bits per heavy atom. The van der Waals surface area contributed by atoms with Crippen molar-refractivity contribution in [3.05, 3.63) is 81.5 Å². The van der Waals surface area contributed by atoms with Gasteiger partial charge in [-0.05, 0) is 30.7 Å². The molecular weight excluding hydrogens is 371 g/mol. The van der Waals surface area contributed by atoms with E-state index in [9.17, 15) is 14.0 Å². The zero-order valence-electron chi connectivity index (χ0n) is 16.4. The highest BCUT2D eigenvalue weighted by atomic mass is 19.1. The van der Waals surface area contributed by atoms with Crippen LogP contribution in [0.5, 0.6) is 0 Å². The quantitative estimate of drug-likeness (QED) is 0.573. The van der Waals surface area contributed by atoms with E-state index < -0.39 is 11.7 Å². The molecule has 152 valence electrons. The van der Waals surface area contributed by atoms with Gasteiger partial charge in [0.2, 0.25) is 5.91 Å². The zero-order chi connectivity index (χ0) is 20.8. The van der Waals surface area contributed by atoms with Gasteiger partial charge < -0.3 is 15.5 Å². The number of nitrogens with two attached hydrogens (primary N) is 1. The van der Waals surface area contributed by atoms with Crippen LogP contribution in [0.4, 0.5) is 4.39 Å². The Morgan fingerprint density at radius 3 is 2.69 bits per heavy atom. The van der Waals surface area contributed by atoms with E-state index in [1.165, 1.54) is 18.2 Å². The van der Waals surface area contributed by atoms with Crippen molar-refractivity contribution in [3.8, 4) is 0 Å². The number of fused-ring (bicyclic) bond motifs is 1. The second-order valence-electron chi connectivity index (χ2n) is 7.17. The van der Waals surface area contributed by atoms with E-state index in [0.29, 0.717) is 42.6 Å². The van der Waals surface area contributed by atoms with Gasteiger partial charge in [0, 0.05) is 36.9 Å². The fourth-order valence-corrected chi connectivity index (χ4v) is 3.25. The van der Waals surface area contributed by atoms with Crippen LogP contribution in [0.25, 0.3) is 11.0 Å². The van der Waals surface area contributed by atoms with Crippen molar-refractivity contribution < 1.29 is 13.6 Å². The average molecular weight is 396 g/mol. The molecule has 6 heteroatoms. The highest BCUT2D eigenvalue weighted by Gasteiger charge is 2.21. The van der Waals surface area contributed by atoms with E-state index in [4.69, 9.17) is 10.2 Å². The Kier molecular flexibility index (Phi) is 6.77. The minimum absolute atomic E-state index is 0.133. The number of carbonyl (C=O) groups excluding carboxylic acids is 1. The third kappa shape index (κ3) is 5.09. The molecule has 0 aliphatic heterocycles. The lowest BCUT2D eigenvalue weighted by Crippen LogP contribution is -2.32. The minimum Gasteiger partial charge on any atom is -0.460 e. The molecule has 1 aromatic heterocycles. The summed E-state index contributed by atoms with van der Waals surface area (Å²) in [6.45, 7) is 2.78. The first-order valence-electron chi connectivity index (χ1n) is 9.75. The van der Waals surface area contributed by atoms with E-state index in [1.54, 1.807) is 6.92 Å². The molecular formula is C23H25FN2O3. The van der Waals surface area contributed by atoms with Crippen LogP contribution in [0.1, 0.15) is 30.2 Å². The summed E-state index contributed by atoms with van der Waals surface area (Å²) in [7, 11) is 0. The van der Waals surface area contributed by atoms with Crippen molar-refractivity contribution >= 4 is 16.9 Å². The van der Waals surface area contributed by atoms with Crippen molar-refractivity contribution in [1.29, 1.82) is 0 Å². The molecule has 5 nitrogen and oxygen atoms in total. The Morgan fingerprint density at radius 1 is 1.21 bits per heavy atom. The summed E-state index contributed by atoms with van der Waals surface area (Å²) in [6, 6.07) is 13.5. The second-order valence-corrected chi connectivity index (χ2v) is 7.17. The summed E-state index contributed by atoms with van der Waals surface area (Å²) in [6.07, 6.45) is 1.33. The number of hydrogen-bond acceptors (Lipinski definition) is 4. The lowest BCUT2D eigenvalue weighted by Gasteiger charge is -2.15. The van der Waals surface area contributed by atoms with Gasteiger partial charge in [-0.3, -0.25) is 9.59 Å². The van der Waals surface area contributed by atoms with Crippen molar-refractivity contribution in [2.24, 2.45) is 11.7 Å². The topological polar surface area (TPSA) is 85.3 Å². The van der Waals surface area contributed by atoms with Crippen LogP contribution in [0.2, 0.25) is 0 Å². The zero-order valence-corrected chi connectivity index (χ0v) is 16.4. The molecule has 0 unspecified atom stereocenters. The van der Waals surface area contributed by atoms with Crippen molar-refractivity contribution in [1.82, 2.24) is 5.32 Å². The number of halogens is 1. The van der Waals surface area contributed by atoms with Gasteiger partial charge in [0.25, 0.3) is 0 Å². The normalized spacial score (nSPS) is 12.1. The molecule has 3 rings (SSSR count). The van der Waals surface area contributed by atoms with Crippen molar-refractivity contribution in [2.75, 3.05) is 13.1 Å². The number of nitrogens with one attached hydrogen (secondary N) is 1. The lowest BCUT2D eigenvalue weighted by molar-refractivity contribution is -0.124. The molecule has 3 N–H and O–H groups in total. The van der Waals surface area contributed by atoms with Gasteiger partial charge in [-0.1, -0.05) is 37.3 Å². The maximum Gasteiger partial charge on any atom is 0.223 e. The first kappa shape index (κ1) is 20.7. The molecule has 1 amide bonds. The summed E-state index contributed by atoms with van der Waals surface area (Å²) >= 11 is 0. The van der Waals surface area contributed by atoms with Crippen LogP contribution in [-0.2, 0) is 17.6 Å². The maximum absolute atomic E-state index is 13.7. The minimum atomic E-state index is -0.477.